The van der Waals surface area contributed by atoms with Gasteiger partial charge in [0.25, 0.3) is 0 Å². The standard InChI is InChI=1S/C62H80N10O13S2/c1-37(73)51-58(81)69-48(52(63)75)35-86-87-36-49(70-57(80)50(31-38-18-10-8-11-19-38)72(60(83)85-62(5,6)7)34-40-20-12-9-13-21-40)56(79)67-46(30-39-25-27-42(74)28-26-39)54(77)68-47(32-41-33-65-44-23-15-14-22-43(41)44)55(78)66-45(53(76)71-51)24-16-17-29-64-59(82)84-61(2,3)4/h8-15,18-23,25-28,33,37,45-51,65,73-74H,16-17,24,29-32,34-36H2,1-7H3,(H2,63,75)(H,64,82)(H,66,78)(H,67,79)(H,68,77)(H,69,81)(H,70,80)(H,71,76)/t37-,45+,46+,47-,48+,49+,50-,51+/m1/s1. The average molecular weight is 1240 g/mol. The zero-order chi connectivity index (χ0) is 63.4. The van der Waals surface area contributed by atoms with E-state index in [0.717, 1.165) is 21.6 Å². The molecule has 12 N–H and O–H groups in total. The summed E-state index contributed by atoms with van der Waals surface area (Å²) in [5.41, 5.74) is 7.15. The fourth-order valence-corrected chi connectivity index (χ4v) is 11.6. The predicted octanol–water partition coefficient (Wildman–Crippen LogP) is 4.57. The van der Waals surface area contributed by atoms with Crippen molar-refractivity contribution >= 4 is 86.0 Å². The van der Waals surface area contributed by atoms with Crippen molar-refractivity contribution in [3.63, 3.8) is 0 Å². The quantitative estimate of drug-likeness (QED) is 0.0423. The number of ether oxygens (including phenoxy) is 2. The molecule has 0 spiro atoms. The van der Waals surface area contributed by atoms with Gasteiger partial charge in [0, 0.05) is 61.0 Å². The number of unbranched alkanes of at least 4 members (excludes halogenated alkanes) is 1. The number of phenols is 1. The van der Waals surface area contributed by atoms with Gasteiger partial charge in [-0.25, -0.2) is 9.59 Å². The lowest BCUT2D eigenvalue weighted by Gasteiger charge is -2.34. The van der Waals surface area contributed by atoms with Crippen LogP contribution < -0.4 is 43.0 Å². The molecule has 0 aliphatic carbocycles. The van der Waals surface area contributed by atoms with Crippen molar-refractivity contribution in [3.8, 4) is 5.75 Å². The summed E-state index contributed by atoms with van der Waals surface area (Å²) in [5.74, 6) is -6.88. The van der Waals surface area contributed by atoms with E-state index < -0.39 is 113 Å². The van der Waals surface area contributed by atoms with Crippen molar-refractivity contribution in [2.24, 2.45) is 5.73 Å². The lowest BCUT2D eigenvalue weighted by molar-refractivity contribution is -0.136. The Labute approximate surface area is 513 Å². The van der Waals surface area contributed by atoms with E-state index in [4.69, 9.17) is 15.2 Å². The number of carbonyl (C=O) groups excluding carboxylic acids is 9. The Morgan fingerprint density at radius 3 is 1.87 bits per heavy atom. The number of fused-ring (bicyclic) bond motifs is 1. The number of hydrogen-bond donors (Lipinski definition) is 11. The first-order valence-corrected chi connectivity index (χ1v) is 31.1. The summed E-state index contributed by atoms with van der Waals surface area (Å²) in [6.45, 7) is 11.5. The van der Waals surface area contributed by atoms with E-state index in [1.165, 1.54) is 24.0 Å². The first-order valence-electron chi connectivity index (χ1n) is 28.6. The number of amides is 9. The van der Waals surface area contributed by atoms with Crippen LogP contribution in [0.2, 0.25) is 0 Å². The second-order valence-corrected chi connectivity index (χ2v) is 25.7. The minimum atomic E-state index is -1.70. The number of alkyl carbamates (subject to hydrolysis) is 1. The topological polar surface area (TPSA) is 342 Å². The molecule has 0 unspecified atom stereocenters. The second-order valence-electron chi connectivity index (χ2n) is 23.2. The summed E-state index contributed by atoms with van der Waals surface area (Å²) in [6.07, 6.45) is -1.41. The highest BCUT2D eigenvalue weighted by molar-refractivity contribution is 8.76. The van der Waals surface area contributed by atoms with E-state index in [2.05, 4.69) is 42.2 Å². The first kappa shape index (κ1) is 67.8. The largest absolute Gasteiger partial charge is 0.508 e. The molecule has 1 saturated heterocycles. The number of benzene rings is 4. The van der Waals surface area contributed by atoms with Crippen LogP contribution in [0.3, 0.4) is 0 Å². The monoisotopic (exact) mass is 1240 g/mol. The van der Waals surface area contributed by atoms with Crippen LogP contribution in [0.1, 0.15) is 90.0 Å². The smallest absolute Gasteiger partial charge is 0.411 e. The number of carbonyl (C=O) groups is 9. The molecule has 25 heteroatoms. The molecule has 0 radical (unpaired) electrons. The number of aromatic hydroxyl groups is 1. The molecule has 4 aromatic carbocycles. The van der Waals surface area contributed by atoms with Crippen LogP contribution in [0.25, 0.3) is 10.9 Å². The summed E-state index contributed by atoms with van der Waals surface area (Å²) >= 11 is 0. The highest BCUT2D eigenvalue weighted by Gasteiger charge is 2.39. The summed E-state index contributed by atoms with van der Waals surface area (Å²) in [7, 11) is 1.99. The fourth-order valence-electron chi connectivity index (χ4n) is 9.25. The summed E-state index contributed by atoms with van der Waals surface area (Å²) in [6, 6.07) is 20.6. The van der Waals surface area contributed by atoms with Crippen LogP contribution >= 0.6 is 21.6 Å². The van der Waals surface area contributed by atoms with E-state index >= 15 is 19.2 Å². The molecule has 0 bridgehead atoms. The summed E-state index contributed by atoms with van der Waals surface area (Å²) in [5, 5.41) is 40.9. The number of aliphatic hydroxyl groups is 1. The van der Waals surface area contributed by atoms with E-state index in [0.29, 0.717) is 33.2 Å². The molecule has 1 aliphatic rings. The number of primary amides is 1. The summed E-state index contributed by atoms with van der Waals surface area (Å²) in [4.78, 5) is 133. The Morgan fingerprint density at radius 1 is 0.667 bits per heavy atom. The minimum absolute atomic E-state index is 0.0409. The molecule has 468 valence electrons. The third kappa shape index (κ3) is 21.9. The number of H-pyrrole nitrogens is 1. The molecular formula is C62H80N10O13S2. The van der Waals surface area contributed by atoms with Crippen LogP contribution in [0, 0.1) is 0 Å². The Kier molecular flexibility index (Phi) is 24.9. The van der Waals surface area contributed by atoms with Gasteiger partial charge in [-0.3, -0.25) is 38.5 Å². The molecule has 87 heavy (non-hydrogen) atoms. The van der Waals surface area contributed by atoms with Gasteiger partial charge >= 0.3 is 12.2 Å². The second kappa shape index (κ2) is 31.9. The van der Waals surface area contributed by atoms with Crippen molar-refractivity contribution in [3.05, 3.63) is 138 Å². The van der Waals surface area contributed by atoms with Crippen molar-refractivity contribution in [1.29, 1.82) is 0 Å². The van der Waals surface area contributed by atoms with Gasteiger partial charge < -0.3 is 67.6 Å². The Morgan fingerprint density at radius 2 is 1.24 bits per heavy atom. The number of para-hydroxylation sites is 1. The lowest BCUT2D eigenvalue weighted by atomic mass is 10.0. The average Bonchev–Trinajstić information content (AvgIpc) is 3.56. The number of nitrogens with one attached hydrogen (secondary N) is 8. The van der Waals surface area contributed by atoms with E-state index in [-0.39, 0.29) is 68.9 Å². The van der Waals surface area contributed by atoms with Gasteiger partial charge in [0.2, 0.25) is 41.4 Å². The van der Waals surface area contributed by atoms with Crippen LogP contribution in [-0.4, -0.2) is 151 Å². The van der Waals surface area contributed by atoms with Gasteiger partial charge in [-0.05, 0) is 108 Å². The maximum absolute atomic E-state index is 15.2. The number of aromatic amines is 1. The highest BCUT2D eigenvalue weighted by Crippen LogP contribution is 2.26. The van der Waals surface area contributed by atoms with Crippen molar-refractivity contribution in [2.75, 3.05) is 18.1 Å². The maximum Gasteiger partial charge on any atom is 0.411 e. The molecule has 1 fully saturated rings. The third-order valence-corrected chi connectivity index (χ3v) is 16.1. The maximum atomic E-state index is 15.2. The van der Waals surface area contributed by atoms with Gasteiger partial charge in [0.15, 0.2) is 0 Å². The van der Waals surface area contributed by atoms with Crippen LogP contribution in [0.15, 0.2) is 115 Å². The first-order chi connectivity index (χ1) is 41.2. The third-order valence-electron chi connectivity index (χ3n) is 13.6. The normalized spacial score (nSPS) is 20.2. The molecule has 1 aliphatic heterocycles. The van der Waals surface area contributed by atoms with Gasteiger partial charge in [0.1, 0.15) is 59.2 Å². The molecule has 23 nitrogen and oxygen atoms in total. The van der Waals surface area contributed by atoms with E-state index in [9.17, 15) is 34.2 Å². The fraction of sp³-hybridized carbons (Fsp3) is 0.435. The van der Waals surface area contributed by atoms with E-state index in [1.807, 2.05) is 18.2 Å². The number of rotatable bonds is 18. The Balaban J connectivity index is 1.42. The van der Waals surface area contributed by atoms with E-state index in [1.54, 1.807) is 127 Å². The van der Waals surface area contributed by atoms with Crippen LogP contribution in [0.5, 0.6) is 5.75 Å². The molecular weight excluding hydrogens is 1160 g/mol. The molecule has 5 aromatic rings. The molecule has 1 aromatic heterocycles. The minimum Gasteiger partial charge on any atom is -0.508 e. The number of phenolic OH excluding ortho intramolecular Hbond substituents is 1. The molecule has 9 amide bonds. The predicted molar refractivity (Wildman–Crippen MR) is 331 cm³/mol. The number of hydrogen-bond acceptors (Lipinski definition) is 15. The van der Waals surface area contributed by atoms with Crippen LogP contribution in [-0.2, 0) is 68.8 Å². The molecule has 2 heterocycles. The SMILES string of the molecule is C[C@@H](O)[C@@H]1NC(=O)[C@H](CCCCNC(=O)OC(C)(C)C)NC(=O)[C@@H](Cc2c[nH]c3ccccc23)NC(=O)[C@H](Cc2ccc(O)cc2)NC(=O)[C@@H](NC(=O)[C@@H](Cc2ccccc2)N(Cc2ccccc2)C(=O)OC(C)(C)C)CSSC[C@@H](C(N)=O)NC1=O. The van der Waals surface area contributed by atoms with Gasteiger partial charge in [-0.1, -0.05) is 113 Å². The highest BCUT2D eigenvalue weighted by atomic mass is 33.1. The Hall–Kier alpha value is -8.29. The van der Waals surface area contributed by atoms with Gasteiger partial charge in [-0.15, -0.1) is 0 Å². The van der Waals surface area contributed by atoms with Crippen LogP contribution in [0.4, 0.5) is 9.59 Å². The van der Waals surface area contributed by atoms with Crippen molar-refractivity contribution in [2.45, 2.75) is 153 Å². The number of aromatic nitrogens is 1. The summed E-state index contributed by atoms with van der Waals surface area (Å²) < 4.78 is 11.2. The number of nitrogens with two attached hydrogens (primary N) is 1. The Bertz CT molecular complexity index is 3160. The van der Waals surface area contributed by atoms with Gasteiger partial charge in [-0.2, -0.15) is 0 Å². The molecule has 0 saturated carbocycles. The number of nitrogens with zero attached hydrogens (tertiary/aromatic N) is 1. The zero-order valence-corrected chi connectivity index (χ0v) is 51.5. The molecule has 8 atom stereocenters. The van der Waals surface area contributed by atoms with Crippen molar-refractivity contribution in [1.82, 2.24) is 47.1 Å². The molecule has 6 rings (SSSR count). The zero-order valence-electron chi connectivity index (χ0n) is 49.9. The number of aliphatic hydroxyl groups excluding tert-OH is 1. The lowest BCUT2D eigenvalue weighted by Crippen LogP contribution is -2.62. The van der Waals surface area contributed by atoms with Crippen molar-refractivity contribution < 1.29 is 62.8 Å². The van der Waals surface area contributed by atoms with Gasteiger partial charge in [0.05, 0.1) is 6.10 Å².